The molecule has 1 fully saturated rings. The van der Waals surface area contributed by atoms with Crippen molar-refractivity contribution in [3.05, 3.63) is 0 Å². The number of unbranched alkanes of at least 4 members (excludes halogenated alkanes) is 1. The summed E-state index contributed by atoms with van der Waals surface area (Å²) in [6.07, 6.45) is 12.5. The Morgan fingerprint density at radius 2 is 1.89 bits per heavy atom. The van der Waals surface area contributed by atoms with Gasteiger partial charge in [-0.3, -0.25) is 4.90 Å². The predicted octanol–water partition coefficient (Wildman–Crippen LogP) is 5.08. The van der Waals surface area contributed by atoms with Gasteiger partial charge in [0, 0.05) is 25.0 Å². The molecule has 1 aliphatic rings. The molecule has 0 heterocycles. The monoisotopic (exact) mass is 273 g/mol. The summed E-state index contributed by atoms with van der Waals surface area (Å²) in [4.78, 5) is 2.70. The van der Waals surface area contributed by atoms with Gasteiger partial charge in [0.1, 0.15) is 0 Å². The van der Waals surface area contributed by atoms with E-state index >= 15 is 0 Å². The van der Waals surface area contributed by atoms with Crippen LogP contribution in [0.25, 0.3) is 0 Å². The topological polar surface area (TPSA) is 3.24 Å². The maximum absolute atomic E-state index is 6.00. The summed E-state index contributed by atoms with van der Waals surface area (Å²) in [7, 11) is 0. The Balaban J connectivity index is 2.43. The fraction of sp³-hybridized carbons (Fsp3) is 1.00. The second kappa shape index (κ2) is 10.1. The standard InChI is InChI=1S/C16H32ClN/c1-3-5-9-15(4-2)14-18(13-12-17)16-10-7-6-8-11-16/h15-16H,3-14H2,1-2H3. The molecule has 1 unspecified atom stereocenters. The Morgan fingerprint density at radius 1 is 1.17 bits per heavy atom. The first-order valence-corrected chi connectivity index (χ1v) is 8.65. The molecule has 0 aromatic rings. The lowest BCUT2D eigenvalue weighted by molar-refractivity contribution is 0.136. The number of halogens is 1. The van der Waals surface area contributed by atoms with E-state index in [4.69, 9.17) is 11.6 Å². The fourth-order valence-electron chi connectivity index (χ4n) is 3.23. The van der Waals surface area contributed by atoms with Crippen LogP contribution in [0.2, 0.25) is 0 Å². The molecule has 0 bridgehead atoms. The minimum atomic E-state index is 0.792. The molecule has 1 saturated carbocycles. The zero-order valence-corrected chi connectivity index (χ0v) is 13.2. The van der Waals surface area contributed by atoms with Crippen LogP contribution >= 0.6 is 11.6 Å². The van der Waals surface area contributed by atoms with Gasteiger partial charge in [0.25, 0.3) is 0 Å². The first-order valence-electron chi connectivity index (χ1n) is 8.11. The molecule has 0 saturated heterocycles. The fourth-order valence-corrected chi connectivity index (χ4v) is 3.44. The Labute approximate surface area is 119 Å². The summed E-state index contributed by atoms with van der Waals surface area (Å²) in [5.74, 6) is 1.68. The number of hydrogen-bond donors (Lipinski definition) is 0. The lowest BCUT2D eigenvalue weighted by Gasteiger charge is -2.36. The van der Waals surface area contributed by atoms with Crippen LogP contribution < -0.4 is 0 Å². The van der Waals surface area contributed by atoms with Gasteiger partial charge in [-0.2, -0.15) is 0 Å². The summed E-state index contributed by atoms with van der Waals surface area (Å²) in [6, 6.07) is 0.827. The Hall–Kier alpha value is 0.250. The highest BCUT2D eigenvalue weighted by Crippen LogP contribution is 2.25. The Bertz CT molecular complexity index is 190. The normalized spacial score (nSPS) is 19.3. The van der Waals surface area contributed by atoms with Crippen LogP contribution in [0.3, 0.4) is 0 Å². The van der Waals surface area contributed by atoms with Gasteiger partial charge in [0.2, 0.25) is 0 Å². The summed E-state index contributed by atoms with van der Waals surface area (Å²) >= 11 is 6.00. The third-order valence-corrected chi connectivity index (χ3v) is 4.67. The zero-order chi connectivity index (χ0) is 13.2. The molecule has 1 atom stereocenters. The van der Waals surface area contributed by atoms with Crippen LogP contribution in [0.4, 0.5) is 0 Å². The number of nitrogens with zero attached hydrogens (tertiary/aromatic N) is 1. The lowest BCUT2D eigenvalue weighted by atomic mass is 9.92. The molecule has 108 valence electrons. The summed E-state index contributed by atoms with van der Waals surface area (Å²) in [6.45, 7) is 7.02. The second-order valence-electron chi connectivity index (χ2n) is 5.89. The van der Waals surface area contributed by atoms with Crippen LogP contribution in [0, 0.1) is 5.92 Å². The number of alkyl halides is 1. The van der Waals surface area contributed by atoms with Crippen molar-refractivity contribution in [2.24, 2.45) is 5.92 Å². The van der Waals surface area contributed by atoms with Crippen molar-refractivity contribution in [2.75, 3.05) is 19.0 Å². The molecular formula is C16H32ClN. The van der Waals surface area contributed by atoms with Gasteiger partial charge < -0.3 is 0 Å². The average molecular weight is 274 g/mol. The van der Waals surface area contributed by atoms with Crippen molar-refractivity contribution >= 4 is 11.6 Å². The van der Waals surface area contributed by atoms with E-state index < -0.39 is 0 Å². The Kier molecular flexibility index (Phi) is 9.14. The van der Waals surface area contributed by atoms with Crippen molar-refractivity contribution in [1.29, 1.82) is 0 Å². The van der Waals surface area contributed by atoms with Gasteiger partial charge in [-0.15, -0.1) is 11.6 Å². The minimum Gasteiger partial charge on any atom is -0.299 e. The SMILES string of the molecule is CCCCC(CC)CN(CCCl)C1CCCCC1. The molecule has 1 rings (SSSR count). The molecule has 18 heavy (non-hydrogen) atoms. The van der Waals surface area contributed by atoms with E-state index in [9.17, 15) is 0 Å². The molecular weight excluding hydrogens is 242 g/mol. The highest BCUT2D eigenvalue weighted by Gasteiger charge is 2.22. The predicted molar refractivity (Wildman–Crippen MR) is 82.5 cm³/mol. The van der Waals surface area contributed by atoms with Gasteiger partial charge in [-0.25, -0.2) is 0 Å². The molecule has 0 spiro atoms. The van der Waals surface area contributed by atoms with Crippen LogP contribution in [-0.4, -0.2) is 29.9 Å². The third-order valence-electron chi connectivity index (χ3n) is 4.50. The quantitative estimate of drug-likeness (QED) is 0.530. The van der Waals surface area contributed by atoms with Gasteiger partial charge in [0.15, 0.2) is 0 Å². The largest absolute Gasteiger partial charge is 0.299 e. The van der Waals surface area contributed by atoms with Crippen LogP contribution in [0.15, 0.2) is 0 Å². The highest BCUT2D eigenvalue weighted by atomic mass is 35.5. The van der Waals surface area contributed by atoms with Crippen molar-refractivity contribution in [1.82, 2.24) is 4.90 Å². The first-order chi connectivity index (χ1) is 8.81. The lowest BCUT2D eigenvalue weighted by Crippen LogP contribution is -2.41. The van der Waals surface area contributed by atoms with Gasteiger partial charge in [0.05, 0.1) is 0 Å². The van der Waals surface area contributed by atoms with E-state index in [0.29, 0.717) is 0 Å². The highest BCUT2D eigenvalue weighted by molar-refractivity contribution is 6.18. The maximum Gasteiger partial charge on any atom is 0.0351 e. The van der Waals surface area contributed by atoms with Crippen LogP contribution in [0.5, 0.6) is 0 Å². The second-order valence-corrected chi connectivity index (χ2v) is 6.27. The summed E-state index contributed by atoms with van der Waals surface area (Å²) < 4.78 is 0. The molecule has 0 aromatic carbocycles. The first kappa shape index (κ1) is 16.3. The number of rotatable bonds is 9. The molecule has 0 amide bonds. The molecule has 2 heteroatoms. The van der Waals surface area contributed by atoms with Crippen molar-refractivity contribution in [3.63, 3.8) is 0 Å². The molecule has 0 aliphatic heterocycles. The summed E-state index contributed by atoms with van der Waals surface area (Å²) in [5.41, 5.74) is 0. The van der Waals surface area contributed by atoms with Crippen molar-refractivity contribution < 1.29 is 0 Å². The molecule has 1 aliphatic carbocycles. The van der Waals surface area contributed by atoms with Gasteiger partial charge >= 0.3 is 0 Å². The van der Waals surface area contributed by atoms with E-state index in [1.165, 1.54) is 64.3 Å². The molecule has 0 aromatic heterocycles. The molecule has 0 radical (unpaired) electrons. The van der Waals surface area contributed by atoms with Crippen molar-refractivity contribution in [2.45, 2.75) is 77.7 Å². The van der Waals surface area contributed by atoms with E-state index in [1.54, 1.807) is 0 Å². The van der Waals surface area contributed by atoms with E-state index in [-0.39, 0.29) is 0 Å². The van der Waals surface area contributed by atoms with Crippen LogP contribution in [-0.2, 0) is 0 Å². The smallest absolute Gasteiger partial charge is 0.0351 e. The molecule has 0 N–H and O–H groups in total. The van der Waals surface area contributed by atoms with Crippen molar-refractivity contribution in [3.8, 4) is 0 Å². The maximum atomic E-state index is 6.00. The summed E-state index contributed by atoms with van der Waals surface area (Å²) in [5, 5.41) is 0. The van der Waals surface area contributed by atoms with Gasteiger partial charge in [-0.1, -0.05) is 52.4 Å². The van der Waals surface area contributed by atoms with E-state index in [1.807, 2.05) is 0 Å². The average Bonchev–Trinajstić information content (AvgIpc) is 2.43. The van der Waals surface area contributed by atoms with E-state index in [0.717, 1.165) is 24.4 Å². The minimum absolute atomic E-state index is 0.792. The number of hydrogen-bond acceptors (Lipinski definition) is 1. The van der Waals surface area contributed by atoms with Gasteiger partial charge in [-0.05, 0) is 25.2 Å². The zero-order valence-electron chi connectivity index (χ0n) is 12.5. The molecule has 1 nitrogen and oxygen atoms in total. The van der Waals surface area contributed by atoms with Crippen LogP contribution in [0.1, 0.15) is 71.6 Å². The Morgan fingerprint density at radius 3 is 2.44 bits per heavy atom. The third kappa shape index (κ3) is 5.93. The van der Waals surface area contributed by atoms with E-state index in [2.05, 4.69) is 18.7 Å².